The van der Waals surface area contributed by atoms with Gasteiger partial charge in [0.15, 0.2) is 0 Å². The van der Waals surface area contributed by atoms with Crippen LogP contribution in [0.15, 0.2) is 18.2 Å². The molecule has 0 heterocycles. The topological polar surface area (TPSA) is 159 Å². The van der Waals surface area contributed by atoms with Gasteiger partial charge in [-0.3, -0.25) is 14.9 Å². The van der Waals surface area contributed by atoms with Crippen molar-refractivity contribution in [3.8, 4) is 0 Å². The Morgan fingerprint density at radius 1 is 1.38 bits per heavy atom. The lowest BCUT2D eigenvalue weighted by atomic mass is 10.1. The molecule has 0 saturated heterocycles. The molecule has 0 fully saturated rings. The second kappa shape index (κ2) is 4.84. The number of carboxylic acid groups (broad SMARTS) is 1. The van der Waals surface area contributed by atoms with Gasteiger partial charge in [-0.1, -0.05) is 6.07 Å². The maximum atomic E-state index is 10.9. The molecule has 0 bridgehead atoms. The number of nitro groups is 1. The number of nitrogens with zero attached hydrogens (tertiary/aromatic N) is 1. The van der Waals surface area contributed by atoms with Gasteiger partial charge >= 0.3 is 5.97 Å². The maximum absolute atomic E-state index is 10.9. The van der Waals surface area contributed by atoms with Crippen molar-refractivity contribution in [1.82, 2.24) is 6.15 Å². The van der Waals surface area contributed by atoms with E-state index < -0.39 is 33.6 Å². The average Bonchev–Trinajstić information content (AvgIpc) is 2.16. The standard InChI is InChI=1S/C8H6N2O5.H3N/c9-7(11)6-4(8(12)13)2-1-3-5(6)10(14)15;/h1-3H,(H2,9,11)(H,12,13);1H3. The van der Waals surface area contributed by atoms with Crippen LogP contribution in [0.25, 0.3) is 0 Å². The number of hydrogen-bond acceptors (Lipinski definition) is 5. The normalized spacial score (nSPS) is 9.00. The molecule has 0 aliphatic rings. The number of carbonyl (C=O) groups excluding carboxylic acids is 1. The summed E-state index contributed by atoms with van der Waals surface area (Å²) in [5.41, 5.74) is 3.21. The minimum atomic E-state index is -1.44. The van der Waals surface area contributed by atoms with E-state index in [-0.39, 0.29) is 6.15 Å². The van der Waals surface area contributed by atoms with Crippen LogP contribution >= 0.6 is 0 Å². The summed E-state index contributed by atoms with van der Waals surface area (Å²) in [6, 6.07) is 3.27. The van der Waals surface area contributed by atoms with Crippen LogP contribution in [-0.2, 0) is 0 Å². The largest absolute Gasteiger partial charge is 0.478 e. The molecule has 8 heteroatoms. The van der Waals surface area contributed by atoms with Gasteiger partial charge in [-0.15, -0.1) is 0 Å². The molecule has 1 aromatic carbocycles. The number of aromatic carboxylic acids is 1. The smallest absolute Gasteiger partial charge is 0.336 e. The van der Waals surface area contributed by atoms with Crippen LogP contribution in [0, 0.1) is 10.1 Å². The van der Waals surface area contributed by atoms with E-state index in [1.165, 1.54) is 6.07 Å². The molecule has 0 aromatic heterocycles. The fourth-order valence-corrected chi connectivity index (χ4v) is 1.13. The molecule has 0 spiro atoms. The Kier molecular flexibility index (Phi) is 4.09. The van der Waals surface area contributed by atoms with Crippen molar-refractivity contribution in [2.45, 2.75) is 0 Å². The van der Waals surface area contributed by atoms with E-state index in [1.54, 1.807) is 0 Å². The zero-order valence-corrected chi connectivity index (χ0v) is 8.04. The van der Waals surface area contributed by atoms with Crippen LogP contribution in [0.4, 0.5) is 5.69 Å². The minimum absolute atomic E-state index is 0. The maximum Gasteiger partial charge on any atom is 0.336 e. The van der Waals surface area contributed by atoms with Gasteiger partial charge in [0.2, 0.25) is 0 Å². The van der Waals surface area contributed by atoms with E-state index in [4.69, 9.17) is 10.8 Å². The van der Waals surface area contributed by atoms with E-state index in [0.29, 0.717) is 0 Å². The summed E-state index contributed by atoms with van der Waals surface area (Å²) in [6.07, 6.45) is 0. The zero-order valence-electron chi connectivity index (χ0n) is 8.04. The second-order valence-corrected chi connectivity index (χ2v) is 2.63. The highest BCUT2D eigenvalue weighted by molar-refractivity contribution is 6.07. The molecular formula is C8H9N3O5. The lowest BCUT2D eigenvalue weighted by Crippen LogP contribution is -2.18. The summed E-state index contributed by atoms with van der Waals surface area (Å²) in [6.45, 7) is 0. The van der Waals surface area contributed by atoms with Gasteiger partial charge in [0.05, 0.1) is 10.5 Å². The summed E-state index contributed by atoms with van der Waals surface area (Å²) in [7, 11) is 0. The summed E-state index contributed by atoms with van der Waals surface area (Å²) in [5, 5.41) is 19.2. The molecule has 8 nitrogen and oxygen atoms in total. The summed E-state index contributed by atoms with van der Waals surface area (Å²) < 4.78 is 0. The zero-order chi connectivity index (χ0) is 11.6. The van der Waals surface area contributed by atoms with E-state index in [2.05, 4.69) is 0 Å². The first-order chi connectivity index (χ1) is 6.95. The van der Waals surface area contributed by atoms with Crippen LogP contribution in [-0.4, -0.2) is 21.9 Å². The van der Waals surface area contributed by atoms with Gasteiger partial charge < -0.3 is 17.0 Å². The Morgan fingerprint density at radius 3 is 2.31 bits per heavy atom. The molecule has 86 valence electrons. The van der Waals surface area contributed by atoms with Crippen LogP contribution in [0.2, 0.25) is 0 Å². The summed E-state index contributed by atoms with van der Waals surface area (Å²) in [5.74, 6) is -2.58. The summed E-state index contributed by atoms with van der Waals surface area (Å²) in [4.78, 5) is 31.2. The molecule has 0 unspecified atom stereocenters. The summed E-state index contributed by atoms with van der Waals surface area (Å²) >= 11 is 0. The van der Waals surface area contributed by atoms with Crippen molar-refractivity contribution in [1.29, 1.82) is 0 Å². The number of carboxylic acids is 1. The number of hydrogen-bond donors (Lipinski definition) is 3. The first-order valence-corrected chi connectivity index (χ1v) is 3.75. The highest BCUT2D eigenvalue weighted by Gasteiger charge is 2.24. The van der Waals surface area contributed by atoms with E-state index in [9.17, 15) is 19.7 Å². The van der Waals surface area contributed by atoms with Gasteiger partial charge in [-0.25, -0.2) is 4.79 Å². The number of primary amides is 1. The van der Waals surface area contributed by atoms with Crippen molar-refractivity contribution in [3.63, 3.8) is 0 Å². The Balaban J connectivity index is 0.00000225. The van der Waals surface area contributed by atoms with Crippen LogP contribution < -0.4 is 11.9 Å². The highest BCUT2D eigenvalue weighted by atomic mass is 16.6. The molecule has 16 heavy (non-hydrogen) atoms. The number of nitro benzene ring substituents is 1. The van der Waals surface area contributed by atoms with Crippen molar-refractivity contribution >= 4 is 17.6 Å². The predicted molar refractivity (Wildman–Crippen MR) is 53.6 cm³/mol. The number of amides is 1. The van der Waals surface area contributed by atoms with Crippen molar-refractivity contribution in [2.24, 2.45) is 5.73 Å². The molecule has 1 aromatic rings. The third-order valence-corrected chi connectivity index (χ3v) is 1.72. The lowest BCUT2D eigenvalue weighted by Gasteiger charge is -2.02. The van der Waals surface area contributed by atoms with E-state index in [0.717, 1.165) is 12.1 Å². The van der Waals surface area contributed by atoms with E-state index in [1.807, 2.05) is 0 Å². The first kappa shape index (κ1) is 13.5. The highest BCUT2D eigenvalue weighted by Crippen LogP contribution is 2.21. The van der Waals surface area contributed by atoms with Crippen molar-refractivity contribution in [2.75, 3.05) is 0 Å². The number of nitrogens with two attached hydrogens (primary N) is 1. The molecule has 0 atom stereocenters. The fraction of sp³-hybridized carbons (Fsp3) is 0. The van der Waals surface area contributed by atoms with Crippen molar-refractivity contribution in [3.05, 3.63) is 39.4 Å². The molecule has 0 aliphatic heterocycles. The first-order valence-electron chi connectivity index (χ1n) is 3.75. The van der Waals surface area contributed by atoms with Crippen LogP contribution in [0.5, 0.6) is 0 Å². The monoisotopic (exact) mass is 227 g/mol. The van der Waals surface area contributed by atoms with Gasteiger partial charge in [-0.05, 0) is 6.07 Å². The molecule has 1 amide bonds. The Labute approximate surface area is 89.4 Å². The Morgan fingerprint density at radius 2 is 1.94 bits per heavy atom. The lowest BCUT2D eigenvalue weighted by molar-refractivity contribution is -0.385. The Bertz CT molecular complexity index is 425. The molecule has 0 saturated carbocycles. The van der Waals surface area contributed by atoms with Gasteiger partial charge in [0.25, 0.3) is 11.6 Å². The number of benzene rings is 1. The fourth-order valence-electron chi connectivity index (χ4n) is 1.13. The Hall–Kier alpha value is -2.48. The SMILES string of the molecule is N.NC(=O)c1c(C(=O)O)cccc1[N+](=O)[O-]. The predicted octanol–water partition coefficient (Wildman–Crippen LogP) is 0.554. The van der Waals surface area contributed by atoms with Crippen LogP contribution in [0.3, 0.4) is 0 Å². The molecule has 1 rings (SSSR count). The van der Waals surface area contributed by atoms with E-state index >= 15 is 0 Å². The third kappa shape index (κ3) is 2.30. The van der Waals surface area contributed by atoms with Gasteiger partial charge in [0, 0.05) is 6.07 Å². The second-order valence-electron chi connectivity index (χ2n) is 2.63. The molecule has 6 N–H and O–H groups in total. The number of carbonyl (C=O) groups is 2. The number of rotatable bonds is 3. The quantitative estimate of drug-likeness (QED) is 0.505. The molecule has 0 aliphatic carbocycles. The van der Waals surface area contributed by atoms with Crippen molar-refractivity contribution < 1.29 is 19.6 Å². The van der Waals surface area contributed by atoms with Gasteiger partial charge in [-0.2, -0.15) is 0 Å². The molecular weight excluding hydrogens is 218 g/mol. The van der Waals surface area contributed by atoms with Gasteiger partial charge in [0.1, 0.15) is 5.56 Å². The average molecular weight is 227 g/mol. The third-order valence-electron chi connectivity index (χ3n) is 1.72. The molecule has 0 radical (unpaired) electrons. The minimum Gasteiger partial charge on any atom is -0.478 e. The van der Waals surface area contributed by atoms with Crippen LogP contribution in [0.1, 0.15) is 20.7 Å².